The molecule has 1 aromatic heterocycles. The Morgan fingerprint density at radius 2 is 1.48 bits per heavy atom. The van der Waals surface area contributed by atoms with Crippen molar-refractivity contribution in [2.24, 2.45) is 0 Å². The summed E-state index contributed by atoms with van der Waals surface area (Å²) in [6, 6.07) is 20.0. The largest absolute Gasteiger partial charge is 0.486 e. The number of pyridine rings is 1. The summed E-state index contributed by atoms with van der Waals surface area (Å²) in [6.45, 7) is 1.08. The first-order chi connectivity index (χ1) is 14.2. The van der Waals surface area contributed by atoms with E-state index in [4.69, 9.17) is 9.47 Å². The van der Waals surface area contributed by atoms with Crippen LogP contribution in [-0.2, 0) is 11.3 Å². The predicted molar refractivity (Wildman–Crippen MR) is 112 cm³/mol. The van der Waals surface area contributed by atoms with Crippen LogP contribution in [-0.4, -0.2) is 23.7 Å². The van der Waals surface area contributed by atoms with Gasteiger partial charge in [-0.15, -0.1) is 0 Å². The fraction of sp³-hybridized carbons (Fsp3) is 0.130. The van der Waals surface area contributed by atoms with Crippen molar-refractivity contribution in [3.05, 3.63) is 77.0 Å². The topological polar surface area (TPSA) is 69.6 Å². The van der Waals surface area contributed by atoms with Crippen LogP contribution in [0.5, 0.6) is 11.5 Å². The van der Waals surface area contributed by atoms with E-state index in [0.717, 1.165) is 11.0 Å². The Morgan fingerprint density at radius 1 is 0.862 bits per heavy atom. The molecule has 0 fully saturated rings. The molecule has 4 aromatic rings. The van der Waals surface area contributed by atoms with E-state index < -0.39 is 0 Å². The zero-order chi connectivity index (χ0) is 19.8. The molecule has 144 valence electrons. The lowest BCUT2D eigenvalue weighted by Crippen LogP contribution is -2.22. The van der Waals surface area contributed by atoms with Crippen LogP contribution in [0, 0.1) is 0 Å². The first-order valence-electron chi connectivity index (χ1n) is 9.40. The number of carbonyl (C=O) groups is 1. The molecule has 0 spiro atoms. The van der Waals surface area contributed by atoms with Gasteiger partial charge in [0.15, 0.2) is 16.9 Å². The van der Waals surface area contributed by atoms with Crippen molar-refractivity contribution in [3.63, 3.8) is 0 Å². The number of rotatable bonds is 3. The zero-order valence-corrected chi connectivity index (χ0v) is 15.6. The van der Waals surface area contributed by atoms with Crippen LogP contribution in [0.2, 0.25) is 0 Å². The van der Waals surface area contributed by atoms with E-state index in [-0.39, 0.29) is 17.9 Å². The van der Waals surface area contributed by atoms with Gasteiger partial charge in [0.1, 0.15) is 19.8 Å². The highest BCUT2D eigenvalue weighted by molar-refractivity contribution is 5.97. The number of nitrogens with one attached hydrogen (secondary N) is 1. The molecule has 3 aromatic carbocycles. The molecule has 5 rings (SSSR count). The normalized spacial score (nSPS) is 12.8. The minimum Gasteiger partial charge on any atom is -0.486 e. The second-order valence-corrected chi connectivity index (χ2v) is 6.86. The molecule has 0 unspecified atom stereocenters. The molecule has 1 amide bonds. The van der Waals surface area contributed by atoms with Gasteiger partial charge in [-0.1, -0.05) is 24.3 Å². The van der Waals surface area contributed by atoms with Crippen molar-refractivity contribution < 1.29 is 14.3 Å². The Kier molecular flexibility index (Phi) is 4.17. The quantitative estimate of drug-likeness (QED) is 0.547. The number of fused-ring (bicyclic) bond motifs is 3. The fourth-order valence-electron chi connectivity index (χ4n) is 3.71. The maximum atomic E-state index is 12.8. The van der Waals surface area contributed by atoms with Crippen molar-refractivity contribution in [2.75, 3.05) is 18.5 Å². The molecule has 0 saturated heterocycles. The van der Waals surface area contributed by atoms with Gasteiger partial charge < -0.3 is 19.4 Å². The lowest BCUT2D eigenvalue weighted by atomic mass is 10.1. The van der Waals surface area contributed by atoms with E-state index in [1.54, 1.807) is 30.3 Å². The molecule has 1 aliphatic heterocycles. The summed E-state index contributed by atoms with van der Waals surface area (Å²) in [6.07, 6.45) is 0. The van der Waals surface area contributed by atoms with Crippen LogP contribution >= 0.6 is 0 Å². The van der Waals surface area contributed by atoms with Gasteiger partial charge in [-0.2, -0.15) is 0 Å². The van der Waals surface area contributed by atoms with Gasteiger partial charge in [0, 0.05) is 22.5 Å². The number of benzene rings is 3. The minimum atomic E-state index is -0.194. The van der Waals surface area contributed by atoms with Gasteiger partial charge in [0.2, 0.25) is 5.91 Å². The molecule has 0 saturated carbocycles. The Hall–Kier alpha value is -3.80. The van der Waals surface area contributed by atoms with E-state index in [0.29, 0.717) is 41.2 Å². The molecular formula is C23H18N2O4. The number of anilines is 1. The van der Waals surface area contributed by atoms with Crippen LogP contribution in [0.1, 0.15) is 0 Å². The minimum absolute atomic E-state index is 0.0281. The van der Waals surface area contributed by atoms with Crippen LogP contribution in [0.25, 0.3) is 21.8 Å². The summed E-state index contributed by atoms with van der Waals surface area (Å²) in [4.78, 5) is 25.7. The lowest BCUT2D eigenvalue weighted by molar-refractivity contribution is -0.116. The van der Waals surface area contributed by atoms with E-state index in [2.05, 4.69) is 5.32 Å². The van der Waals surface area contributed by atoms with E-state index >= 15 is 0 Å². The summed E-state index contributed by atoms with van der Waals surface area (Å²) in [5.41, 5.74) is 2.07. The van der Waals surface area contributed by atoms with Crippen molar-refractivity contribution in [2.45, 2.75) is 6.54 Å². The van der Waals surface area contributed by atoms with Gasteiger partial charge in [0.25, 0.3) is 0 Å². The highest BCUT2D eigenvalue weighted by atomic mass is 16.6. The van der Waals surface area contributed by atoms with Crippen LogP contribution < -0.4 is 20.2 Å². The maximum Gasteiger partial charge on any atom is 0.244 e. The number of amides is 1. The summed E-state index contributed by atoms with van der Waals surface area (Å²) in [5.74, 6) is 1.10. The van der Waals surface area contributed by atoms with Crippen molar-refractivity contribution in [1.82, 2.24) is 4.57 Å². The summed E-state index contributed by atoms with van der Waals surface area (Å²) in [5, 5.41) is 4.10. The van der Waals surface area contributed by atoms with Gasteiger partial charge in [-0.05, 0) is 36.4 Å². The molecule has 6 heteroatoms. The first-order valence-corrected chi connectivity index (χ1v) is 9.40. The van der Waals surface area contributed by atoms with Gasteiger partial charge in [-0.25, -0.2) is 0 Å². The van der Waals surface area contributed by atoms with E-state index in [1.165, 1.54) is 0 Å². The van der Waals surface area contributed by atoms with E-state index in [9.17, 15) is 9.59 Å². The third-order valence-corrected chi connectivity index (χ3v) is 5.01. The first kappa shape index (κ1) is 17.3. The molecule has 29 heavy (non-hydrogen) atoms. The smallest absolute Gasteiger partial charge is 0.244 e. The van der Waals surface area contributed by atoms with Crippen LogP contribution in [0.4, 0.5) is 5.69 Å². The highest BCUT2D eigenvalue weighted by Crippen LogP contribution is 2.32. The summed E-state index contributed by atoms with van der Waals surface area (Å²) in [7, 11) is 0. The van der Waals surface area contributed by atoms with Gasteiger partial charge in [0.05, 0.1) is 11.0 Å². The fourth-order valence-corrected chi connectivity index (χ4v) is 3.71. The molecule has 0 bridgehead atoms. The second-order valence-electron chi connectivity index (χ2n) is 6.86. The second kappa shape index (κ2) is 6.98. The zero-order valence-electron chi connectivity index (χ0n) is 15.6. The predicted octanol–water partition coefficient (Wildman–Crippen LogP) is 3.56. The number of aromatic nitrogens is 1. The molecule has 0 aliphatic carbocycles. The Labute approximate surface area is 166 Å². The summed E-state index contributed by atoms with van der Waals surface area (Å²) >= 11 is 0. The van der Waals surface area contributed by atoms with Crippen molar-refractivity contribution in [3.8, 4) is 11.5 Å². The molecule has 2 heterocycles. The number of nitrogens with zero attached hydrogens (tertiary/aromatic N) is 1. The molecule has 1 aliphatic rings. The van der Waals surface area contributed by atoms with Crippen molar-refractivity contribution in [1.29, 1.82) is 0 Å². The van der Waals surface area contributed by atoms with Crippen molar-refractivity contribution >= 4 is 33.4 Å². The molecule has 6 nitrogen and oxygen atoms in total. The van der Waals surface area contributed by atoms with Crippen LogP contribution in [0.3, 0.4) is 0 Å². The standard InChI is InChI=1S/C23H18N2O4/c26-22(24-15-9-10-20-21(13-15)29-12-11-28-20)14-25-18-7-3-1-5-16(18)23(27)17-6-2-4-8-19(17)25/h1-10,13H,11-12,14H2,(H,24,26). The third kappa shape index (κ3) is 3.08. The number of ether oxygens (including phenoxy) is 2. The maximum absolute atomic E-state index is 12.8. The number of hydrogen-bond donors (Lipinski definition) is 1. The Morgan fingerprint density at radius 3 is 2.17 bits per heavy atom. The molecule has 0 radical (unpaired) electrons. The number of para-hydroxylation sites is 2. The number of hydrogen-bond acceptors (Lipinski definition) is 4. The van der Waals surface area contributed by atoms with Gasteiger partial charge in [-0.3, -0.25) is 9.59 Å². The lowest BCUT2D eigenvalue weighted by Gasteiger charge is -2.19. The molecule has 0 atom stereocenters. The Bertz CT molecular complexity index is 1250. The SMILES string of the molecule is O=C(Cn1c2ccccc2c(=O)c2ccccc21)Nc1ccc2c(c1)OCCO2. The monoisotopic (exact) mass is 386 g/mol. The number of carbonyl (C=O) groups excluding carboxylic acids is 1. The van der Waals surface area contributed by atoms with Gasteiger partial charge >= 0.3 is 0 Å². The van der Waals surface area contributed by atoms with E-state index in [1.807, 2.05) is 41.0 Å². The Balaban J connectivity index is 1.52. The summed E-state index contributed by atoms with van der Waals surface area (Å²) < 4.78 is 13.0. The highest BCUT2D eigenvalue weighted by Gasteiger charge is 2.15. The third-order valence-electron chi connectivity index (χ3n) is 5.01. The molecule has 1 N–H and O–H groups in total. The van der Waals surface area contributed by atoms with Crippen LogP contribution in [0.15, 0.2) is 71.5 Å². The average Bonchev–Trinajstić information content (AvgIpc) is 2.76. The molecular weight excluding hydrogens is 368 g/mol. The average molecular weight is 386 g/mol.